The van der Waals surface area contributed by atoms with E-state index in [1.807, 2.05) is 0 Å². The van der Waals surface area contributed by atoms with E-state index < -0.39 is 20.0 Å². The van der Waals surface area contributed by atoms with E-state index in [0.717, 1.165) is 0 Å². The maximum Gasteiger partial charge on any atom is -0.147 e. The van der Waals surface area contributed by atoms with Gasteiger partial charge in [-0.15, -0.1) is 24.8 Å². The molecule has 2 atom stereocenters. The molecule has 318 valence electrons. The van der Waals surface area contributed by atoms with Gasteiger partial charge in [0.05, 0.1) is 0 Å². The van der Waals surface area contributed by atoms with Crippen LogP contribution in [0.3, 0.4) is 0 Å². The molecule has 0 saturated carbocycles. The third-order valence-electron chi connectivity index (χ3n) is 13.9. The molecular formula is C56H76Cl2Hf. The normalized spacial score (nSPS) is 18.3. The fourth-order valence-electron chi connectivity index (χ4n) is 10.2. The van der Waals surface area contributed by atoms with Crippen molar-refractivity contribution in [3.8, 4) is 22.3 Å². The van der Waals surface area contributed by atoms with Crippen LogP contribution in [0, 0.1) is 0 Å². The zero-order chi connectivity index (χ0) is 41.3. The van der Waals surface area contributed by atoms with E-state index in [9.17, 15) is 0 Å². The summed E-state index contributed by atoms with van der Waals surface area (Å²) in [7, 11) is 0. The van der Waals surface area contributed by atoms with Crippen LogP contribution in [0.5, 0.6) is 0 Å². The predicted octanol–water partition coefficient (Wildman–Crippen LogP) is 18.0. The fraction of sp³-hybridized carbons (Fsp3) is 0.500. The van der Waals surface area contributed by atoms with Gasteiger partial charge in [0.15, 0.2) is 0 Å². The first-order valence-corrected chi connectivity index (χ1v) is 31.9. The Labute approximate surface area is 377 Å². The smallest absolute Gasteiger partial charge is 0.147 e. The van der Waals surface area contributed by atoms with Gasteiger partial charge in [-0.25, -0.2) is 0 Å². The first-order valence-electron chi connectivity index (χ1n) is 22.7. The van der Waals surface area contributed by atoms with Crippen LogP contribution in [0.2, 0.25) is 8.35 Å². The Kier molecular flexibility index (Phi) is 14.2. The number of benzene rings is 4. The summed E-state index contributed by atoms with van der Waals surface area (Å²) in [5.74, 6) is 0. The maximum atomic E-state index is 2.74. The van der Waals surface area contributed by atoms with Crippen molar-refractivity contribution in [1.29, 1.82) is 0 Å². The van der Waals surface area contributed by atoms with E-state index in [2.05, 4.69) is 182 Å². The van der Waals surface area contributed by atoms with Gasteiger partial charge in [0.2, 0.25) is 0 Å². The summed E-state index contributed by atoms with van der Waals surface area (Å²) in [6.07, 6.45) is 13.0. The third-order valence-corrected chi connectivity index (χ3v) is 33.0. The number of unbranched alkanes of at least 4 members (excludes halogenated alkanes) is 2. The molecule has 2 aliphatic carbocycles. The first-order chi connectivity index (χ1) is 26.7. The Morgan fingerprint density at radius 2 is 0.797 bits per heavy atom. The Bertz CT molecular complexity index is 2000. The SMILES string of the molecule is CCCCC1=Cc2c(-c3cc(C(C)(C)C)cc(C(C)(C)C)c3)cccc2[CH]1[Hf]1([CH]2C(CCCC)=Cc3c(-c4cc(C(C)(C)C)cc(C(C)(C)C)c4)cccc32)[CH2][CH2]1.Cl.Cl. The minimum absolute atomic E-state index is 0. The second-order valence-electron chi connectivity index (χ2n) is 22.5. The second-order valence-corrected chi connectivity index (χ2v) is 39.1. The van der Waals surface area contributed by atoms with Gasteiger partial charge in [0, 0.05) is 0 Å². The van der Waals surface area contributed by atoms with Crippen LogP contribution in [0.1, 0.15) is 187 Å². The van der Waals surface area contributed by atoms with E-state index >= 15 is 0 Å². The summed E-state index contributed by atoms with van der Waals surface area (Å²) in [6, 6.07) is 29.9. The van der Waals surface area contributed by atoms with Gasteiger partial charge < -0.3 is 0 Å². The minimum Gasteiger partial charge on any atom is -0.147 e. The number of hydrogen-bond acceptors (Lipinski definition) is 0. The molecule has 3 heteroatoms. The van der Waals surface area contributed by atoms with Crippen LogP contribution in [-0.4, -0.2) is 0 Å². The van der Waals surface area contributed by atoms with E-state index in [-0.39, 0.29) is 46.5 Å². The van der Waals surface area contributed by atoms with Crippen LogP contribution in [0.15, 0.2) is 83.9 Å². The topological polar surface area (TPSA) is 0 Å². The molecule has 3 aliphatic rings. The number of fused-ring (bicyclic) bond motifs is 2. The van der Waals surface area contributed by atoms with Crippen molar-refractivity contribution in [2.24, 2.45) is 0 Å². The van der Waals surface area contributed by atoms with Crippen molar-refractivity contribution in [2.45, 2.75) is 173 Å². The molecule has 1 heterocycles. The Morgan fingerprint density at radius 3 is 1.07 bits per heavy atom. The Hall–Kier alpha value is -2.19. The molecule has 1 aliphatic heterocycles. The second kappa shape index (κ2) is 17.5. The quantitative estimate of drug-likeness (QED) is 0.139. The molecule has 4 aromatic carbocycles. The Balaban J connectivity index is 0.00000331. The van der Waals surface area contributed by atoms with Gasteiger partial charge >= 0.3 is 356 Å². The van der Waals surface area contributed by atoms with Gasteiger partial charge in [-0.05, 0) is 0 Å². The fourth-order valence-corrected chi connectivity index (χ4v) is 38.2. The molecule has 1 saturated heterocycles. The first kappa shape index (κ1) is 47.9. The number of halogens is 2. The molecular weight excluding hydrogens is 922 g/mol. The number of hydrogen-bond donors (Lipinski definition) is 0. The zero-order valence-corrected chi connectivity index (χ0v) is 44.4. The number of allylic oxidation sites excluding steroid dienone is 2. The van der Waals surface area contributed by atoms with Crippen molar-refractivity contribution in [3.63, 3.8) is 0 Å². The molecule has 0 amide bonds. The zero-order valence-electron chi connectivity index (χ0n) is 39.2. The molecule has 0 nitrogen and oxygen atoms in total. The van der Waals surface area contributed by atoms with Crippen LogP contribution < -0.4 is 0 Å². The third kappa shape index (κ3) is 9.44. The van der Waals surface area contributed by atoms with E-state index in [0.29, 0.717) is 7.35 Å². The van der Waals surface area contributed by atoms with Gasteiger partial charge in [-0.1, -0.05) is 0 Å². The molecule has 4 aromatic rings. The standard InChI is InChI=1S/2C27H35.C2H4.2ClH.Hf/c2*1-8-9-11-19-14-20-12-10-13-24(25(20)15-19)21-16-22(26(2,3)4)18-23(17-21)27(5,6)7;1-2;;;/h2*10,12-18H,8-9,11H2,1-7H3;1-2H2;2*1H;. The van der Waals surface area contributed by atoms with Crippen LogP contribution in [0.25, 0.3) is 34.4 Å². The molecule has 0 aromatic heterocycles. The summed E-state index contributed by atoms with van der Waals surface area (Å²) < 4.78 is 4.38. The largest absolute Gasteiger partial charge is 0.147 e. The molecule has 0 spiro atoms. The summed E-state index contributed by atoms with van der Waals surface area (Å²) in [4.78, 5) is 0. The molecule has 1 fully saturated rings. The van der Waals surface area contributed by atoms with Crippen molar-refractivity contribution >= 4 is 37.0 Å². The maximum absolute atomic E-state index is 3.11. The van der Waals surface area contributed by atoms with E-state index in [1.165, 1.54) is 91.4 Å². The molecule has 2 unspecified atom stereocenters. The summed E-state index contributed by atoms with van der Waals surface area (Å²) in [5.41, 5.74) is 21.9. The molecule has 0 bridgehead atoms. The monoisotopic (exact) mass is 998 g/mol. The van der Waals surface area contributed by atoms with Crippen molar-refractivity contribution in [1.82, 2.24) is 0 Å². The van der Waals surface area contributed by atoms with Crippen LogP contribution >= 0.6 is 24.8 Å². The molecule has 0 N–H and O–H groups in total. The summed E-state index contributed by atoms with van der Waals surface area (Å²) >= 11 is -3.11. The van der Waals surface area contributed by atoms with Gasteiger partial charge in [0.25, 0.3) is 0 Å². The summed E-state index contributed by atoms with van der Waals surface area (Å²) in [6.45, 7) is 33.2. The van der Waals surface area contributed by atoms with E-state index in [1.54, 1.807) is 33.4 Å². The summed E-state index contributed by atoms with van der Waals surface area (Å²) in [5, 5.41) is 0. The van der Waals surface area contributed by atoms with Crippen molar-refractivity contribution in [3.05, 3.63) is 128 Å². The van der Waals surface area contributed by atoms with Crippen LogP contribution in [0.4, 0.5) is 0 Å². The predicted molar refractivity (Wildman–Crippen MR) is 263 cm³/mol. The van der Waals surface area contributed by atoms with Gasteiger partial charge in [0.1, 0.15) is 0 Å². The van der Waals surface area contributed by atoms with Crippen molar-refractivity contribution < 1.29 is 20.0 Å². The van der Waals surface area contributed by atoms with Gasteiger partial charge in [-0.2, -0.15) is 0 Å². The average molecular weight is 999 g/mol. The minimum atomic E-state index is -3.11. The Morgan fingerprint density at radius 1 is 0.475 bits per heavy atom. The molecule has 0 radical (unpaired) electrons. The van der Waals surface area contributed by atoms with Crippen molar-refractivity contribution in [2.75, 3.05) is 0 Å². The van der Waals surface area contributed by atoms with E-state index in [4.69, 9.17) is 0 Å². The van der Waals surface area contributed by atoms with Gasteiger partial charge in [-0.3, -0.25) is 0 Å². The number of rotatable bonds is 10. The average Bonchev–Trinajstić information content (AvgIpc) is 3.68. The van der Waals surface area contributed by atoms with Crippen LogP contribution in [-0.2, 0) is 41.6 Å². The molecule has 7 rings (SSSR count). The molecule has 59 heavy (non-hydrogen) atoms.